The summed E-state index contributed by atoms with van der Waals surface area (Å²) in [4.78, 5) is 0. The molecule has 15 heavy (non-hydrogen) atoms. The van der Waals surface area contributed by atoms with E-state index in [0.29, 0.717) is 5.54 Å². The molecule has 0 amide bonds. The van der Waals surface area contributed by atoms with Gasteiger partial charge in [0.05, 0.1) is 8.07 Å². The molecule has 1 unspecified atom stereocenters. The first-order chi connectivity index (χ1) is 6.99. The van der Waals surface area contributed by atoms with Crippen molar-refractivity contribution in [1.29, 1.82) is 0 Å². The van der Waals surface area contributed by atoms with Gasteiger partial charge in [0.25, 0.3) is 0 Å². The third-order valence-corrected chi connectivity index (χ3v) is 5.60. The summed E-state index contributed by atoms with van der Waals surface area (Å²) in [6.07, 6.45) is 1.07. The van der Waals surface area contributed by atoms with Gasteiger partial charge in [0.15, 0.2) is 0 Å². The number of hydrogen-bond donors (Lipinski definition) is 1. The first-order valence-corrected chi connectivity index (χ1v) is 9.26. The van der Waals surface area contributed by atoms with Crippen LogP contribution in [0.3, 0.4) is 0 Å². The Balaban J connectivity index is 3.02. The van der Waals surface area contributed by atoms with Gasteiger partial charge in [-0.15, -0.1) is 0 Å². The maximum Gasteiger partial charge on any atom is 0.0550 e. The van der Waals surface area contributed by atoms with Gasteiger partial charge in [-0.2, -0.15) is 0 Å². The molecule has 1 N–H and O–H groups in total. The molecule has 0 bridgehead atoms. The van der Waals surface area contributed by atoms with Gasteiger partial charge in [-0.05, 0) is 17.5 Å². The molecule has 0 spiro atoms. The topological polar surface area (TPSA) is 20.2 Å². The van der Waals surface area contributed by atoms with Gasteiger partial charge in [0.1, 0.15) is 0 Å². The lowest BCUT2D eigenvalue weighted by atomic mass is 10.1. The van der Waals surface area contributed by atoms with E-state index in [2.05, 4.69) is 50.8 Å². The molecule has 0 heterocycles. The standard InChI is InChI=1S/C13H22OSi/c1-5-11-7-6-8-12(9-11)13(10-14)15(2,3)4/h6-9,13-14H,5,10H2,1-4H3. The highest BCUT2D eigenvalue weighted by Gasteiger charge is 2.27. The molecule has 1 nitrogen and oxygen atoms in total. The van der Waals surface area contributed by atoms with Crippen molar-refractivity contribution >= 4 is 8.07 Å². The highest BCUT2D eigenvalue weighted by atomic mass is 28.3. The lowest BCUT2D eigenvalue weighted by Crippen LogP contribution is -2.33. The van der Waals surface area contributed by atoms with Crippen molar-refractivity contribution in [3.05, 3.63) is 35.4 Å². The van der Waals surface area contributed by atoms with Crippen molar-refractivity contribution in [3.8, 4) is 0 Å². The maximum absolute atomic E-state index is 9.51. The SMILES string of the molecule is CCc1cccc(C(CO)[Si](C)(C)C)c1. The van der Waals surface area contributed by atoms with Crippen LogP contribution in [-0.2, 0) is 6.42 Å². The van der Waals surface area contributed by atoms with Gasteiger partial charge < -0.3 is 5.11 Å². The fourth-order valence-electron chi connectivity index (χ4n) is 1.91. The highest BCUT2D eigenvalue weighted by Crippen LogP contribution is 2.27. The van der Waals surface area contributed by atoms with Crippen molar-refractivity contribution in [2.45, 2.75) is 38.5 Å². The monoisotopic (exact) mass is 222 g/mol. The second kappa shape index (κ2) is 4.95. The predicted octanol–water partition coefficient (Wildman–Crippen LogP) is 3.20. The molecule has 2 heteroatoms. The molecule has 0 aliphatic carbocycles. The largest absolute Gasteiger partial charge is 0.396 e. The second-order valence-electron chi connectivity index (χ2n) is 5.20. The molecule has 0 aromatic heterocycles. The van der Waals surface area contributed by atoms with Gasteiger partial charge in [-0.1, -0.05) is 50.8 Å². The Labute approximate surface area is 94.2 Å². The summed E-state index contributed by atoms with van der Waals surface area (Å²) in [6, 6.07) is 8.66. The van der Waals surface area contributed by atoms with E-state index in [9.17, 15) is 5.11 Å². The third-order valence-electron chi connectivity index (χ3n) is 2.99. The van der Waals surface area contributed by atoms with Gasteiger partial charge in [0.2, 0.25) is 0 Å². The molecule has 0 aliphatic heterocycles. The second-order valence-corrected chi connectivity index (χ2v) is 10.6. The Hall–Kier alpha value is -0.603. The molecule has 0 fully saturated rings. The molecule has 0 aliphatic rings. The highest BCUT2D eigenvalue weighted by molar-refractivity contribution is 6.77. The Bertz CT molecular complexity index is 315. The summed E-state index contributed by atoms with van der Waals surface area (Å²) >= 11 is 0. The van der Waals surface area contributed by atoms with Crippen LogP contribution in [0.2, 0.25) is 19.6 Å². The van der Waals surface area contributed by atoms with Crippen LogP contribution in [0, 0.1) is 0 Å². The average molecular weight is 222 g/mol. The minimum absolute atomic E-state index is 0.281. The molecule has 0 saturated heterocycles. The molecule has 0 saturated carbocycles. The van der Waals surface area contributed by atoms with Gasteiger partial charge >= 0.3 is 0 Å². The number of aliphatic hydroxyl groups excluding tert-OH is 1. The molecule has 84 valence electrons. The van der Waals surface area contributed by atoms with E-state index in [1.165, 1.54) is 11.1 Å². The summed E-state index contributed by atoms with van der Waals surface area (Å²) in [5.41, 5.74) is 3.05. The van der Waals surface area contributed by atoms with E-state index >= 15 is 0 Å². The zero-order valence-electron chi connectivity index (χ0n) is 10.2. The van der Waals surface area contributed by atoms with Gasteiger partial charge in [-0.25, -0.2) is 0 Å². The third kappa shape index (κ3) is 3.18. The molecule has 0 radical (unpaired) electrons. The van der Waals surface area contributed by atoms with Crippen LogP contribution in [-0.4, -0.2) is 19.8 Å². The van der Waals surface area contributed by atoms with Crippen LogP contribution in [0.5, 0.6) is 0 Å². The van der Waals surface area contributed by atoms with Crippen LogP contribution in [0.1, 0.15) is 23.6 Å². The summed E-state index contributed by atoms with van der Waals surface area (Å²) in [7, 11) is -1.31. The van der Waals surface area contributed by atoms with Gasteiger partial charge in [-0.3, -0.25) is 0 Å². The molecule has 1 rings (SSSR count). The molecule has 1 aromatic rings. The maximum atomic E-state index is 9.51. The normalized spacial score (nSPS) is 13.9. The summed E-state index contributed by atoms with van der Waals surface area (Å²) in [6.45, 7) is 9.38. The Morgan fingerprint density at radius 3 is 2.40 bits per heavy atom. The van der Waals surface area contributed by atoms with Crippen LogP contribution in [0.25, 0.3) is 0 Å². The Morgan fingerprint density at radius 2 is 1.93 bits per heavy atom. The molecular formula is C13H22OSi. The van der Waals surface area contributed by atoms with E-state index in [-0.39, 0.29) is 6.61 Å². The number of hydrogen-bond acceptors (Lipinski definition) is 1. The predicted molar refractivity (Wildman–Crippen MR) is 69.0 cm³/mol. The zero-order valence-corrected chi connectivity index (χ0v) is 11.2. The summed E-state index contributed by atoms with van der Waals surface area (Å²) in [5, 5.41) is 9.51. The minimum atomic E-state index is -1.31. The summed E-state index contributed by atoms with van der Waals surface area (Å²) in [5.74, 6) is 0. The number of benzene rings is 1. The van der Waals surface area contributed by atoms with Crippen LogP contribution < -0.4 is 0 Å². The molecule has 1 atom stereocenters. The van der Waals surface area contributed by atoms with E-state index in [4.69, 9.17) is 0 Å². The lowest BCUT2D eigenvalue weighted by Gasteiger charge is -2.27. The molecule has 1 aromatic carbocycles. The van der Waals surface area contributed by atoms with E-state index in [0.717, 1.165) is 6.42 Å². The smallest absolute Gasteiger partial charge is 0.0550 e. The van der Waals surface area contributed by atoms with Crippen LogP contribution >= 0.6 is 0 Å². The van der Waals surface area contributed by atoms with Crippen molar-refractivity contribution in [2.24, 2.45) is 0 Å². The molecular weight excluding hydrogens is 200 g/mol. The van der Waals surface area contributed by atoms with Crippen molar-refractivity contribution in [2.75, 3.05) is 6.61 Å². The summed E-state index contributed by atoms with van der Waals surface area (Å²) < 4.78 is 0. The quantitative estimate of drug-likeness (QED) is 0.776. The van der Waals surface area contributed by atoms with Crippen molar-refractivity contribution < 1.29 is 5.11 Å². The van der Waals surface area contributed by atoms with Crippen LogP contribution in [0.15, 0.2) is 24.3 Å². The average Bonchev–Trinajstić information content (AvgIpc) is 2.17. The van der Waals surface area contributed by atoms with Gasteiger partial charge in [0, 0.05) is 12.1 Å². The zero-order chi connectivity index (χ0) is 11.5. The first kappa shape index (κ1) is 12.5. The van der Waals surface area contributed by atoms with E-state index < -0.39 is 8.07 Å². The Kier molecular flexibility index (Phi) is 4.11. The van der Waals surface area contributed by atoms with Crippen molar-refractivity contribution in [1.82, 2.24) is 0 Å². The van der Waals surface area contributed by atoms with E-state index in [1.807, 2.05) is 0 Å². The number of aryl methyl sites for hydroxylation is 1. The first-order valence-electron chi connectivity index (χ1n) is 5.68. The van der Waals surface area contributed by atoms with Crippen LogP contribution in [0.4, 0.5) is 0 Å². The van der Waals surface area contributed by atoms with Crippen molar-refractivity contribution in [3.63, 3.8) is 0 Å². The number of rotatable bonds is 4. The minimum Gasteiger partial charge on any atom is -0.396 e. The number of aliphatic hydroxyl groups is 1. The Morgan fingerprint density at radius 1 is 1.27 bits per heavy atom. The van der Waals surface area contributed by atoms with E-state index in [1.54, 1.807) is 0 Å². The fourth-order valence-corrected chi connectivity index (χ4v) is 3.64. The fraction of sp³-hybridized carbons (Fsp3) is 0.538. The lowest BCUT2D eigenvalue weighted by molar-refractivity contribution is 0.290.